The molecule has 1 aliphatic heterocycles. The first kappa shape index (κ1) is 20.8. The van der Waals surface area contributed by atoms with Gasteiger partial charge in [0, 0.05) is 35.8 Å². The van der Waals surface area contributed by atoms with Gasteiger partial charge in [-0.25, -0.2) is 9.07 Å². The second-order valence-corrected chi connectivity index (χ2v) is 7.36. The summed E-state index contributed by atoms with van der Waals surface area (Å²) >= 11 is 0. The molecule has 1 aliphatic rings. The standard InChI is InChI=1S/C23H16FN7O.ClH/c24-17-3-1-2-4-19(17)31-21(14-7-10-25-11-8-14)20(28-30-31)23-27-22(29-32-23)16-5-6-18-15(13-16)9-12-26-18;/h1-8,10-11,13,26H,9,12H2;1H. The fourth-order valence-electron chi connectivity index (χ4n) is 3.87. The number of para-hydroxylation sites is 1. The van der Waals surface area contributed by atoms with Gasteiger partial charge in [0.1, 0.15) is 17.2 Å². The maximum atomic E-state index is 14.6. The average molecular weight is 462 g/mol. The number of hydrogen-bond acceptors (Lipinski definition) is 7. The monoisotopic (exact) mass is 461 g/mol. The Balaban J connectivity index is 0.00000228. The summed E-state index contributed by atoms with van der Waals surface area (Å²) in [6.45, 7) is 0.921. The van der Waals surface area contributed by atoms with E-state index in [0.29, 0.717) is 17.2 Å². The van der Waals surface area contributed by atoms with Crippen LogP contribution in [0.3, 0.4) is 0 Å². The van der Waals surface area contributed by atoms with Crippen molar-refractivity contribution in [2.24, 2.45) is 0 Å². The number of hydrogen-bond donors (Lipinski definition) is 1. The van der Waals surface area contributed by atoms with Crippen LogP contribution in [0.5, 0.6) is 0 Å². The quantitative estimate of drug-likeness (QED) is 0.418. The summed E-state index contributed by atoms with van der Waals surface area (Å²) < 4.78 is 21.6. The molecule has 6 rings (SSSR count). The Morgan fingerprint density at radius 2 is 1.85 bits per heavy atom. The number of anilines is 1. The Morgan fingerprint density at radius 3 is 2.70 bits per heavy atom. The summed E-state index contributed by atoms with van der Waals surface area (Å²) in [4.78, 5) is 8.64. The largest absolute Gasteiger partial charge is 0.384 e. The first-order chi connectivity index (χ1) is 15.8. The molecule has 0 bridgehead atoms. The Kier molecular flexibility index (Phi) is 5.31. The summed E-state index contributed by atoms with van der Waals surface area (Å²) in [6, 6.07) is 16.0. The van der Waals surface area contributed by atoms with Gasteiger partial charge in [0.05, 0.1) is 0 Å². The van der Waals surface area contributed by atoms with E-state index >= 15 is 0 Å². The van der Waals surface area contributed by atoms with E-state index in [4.69, 9.17) is 4.52 Å². The molecule has 10 heteroatoms. The van der Waals surface area contributed by atoms with Crippen molar-refractivity contribution >= 4 is 18.1 Å². The van der Waals surface area contributed by atoms with Crippen LogP contribution in [0.2, 0.25) is 0 Å². The highest BCUT2D eigenvalue weighted by Gasteiger charge is 2.24. The minimum absolute atomic E-state index is 0. The number of nitrogens with zero attached hydrogens (tertiary/aromatic N) is 6. The van der Waals surface area contributed by atoms with Crippen molar-refractivity contribution in [1.29, 1.82) is 0 Å². The molecule has 0 fully saturated rings. The maximum absolute atomic E-state index is 14.6. The molecule has 0 spiro atoms. The number of aromatic nitrogens is 6. The minimum Gasteiger partial charge on any atom is -0.384 e. The number of benzene rings is 2. The number of pyridine rings is 1. The SMILES string of the molecule is Cl.Fc1ccccc1-n1nnc(-c2nc(-c3ccc4c(c3)CCN4)no2)c1-c1ccncc1. The molecule has 164 valence electrons. The molecule has 0 atom stereocenters. The predicted octanol–water partition coefficient (Wildman–Crippen LogP) is 4.58. The topological polar surface area (TPSA) is 94.6 Å². The van der Waals surface area contributed by atoms with Crippen molar-refractivity contribution in [1.82, 2.24) is 30.1 Å². The van der Waals surface area contributed by atoms with Gasteiger partial charge in [-0.3, -0.25) is 4.98 Å². The molecule has 4 heterocycles. The van der Waals surface area contributed by atoms with Crippen molar-refractivity contribution in [2.45, 2.75) is 6.42 Å². The van der Waals surface area contributed by atoms with Gasteiger partial charge in [-0.2, -0.15) is 4.98 Å². The van der Waals surface area contributed by atoms with Gasteiger partial charge in [-0.1, -0.05) is 22.5 Å². The lowest BCUT2D eigenvalue weighted by Crippen LogP contribution is -2.02. The second kappa shape index (κ2) is 8.44. The average Bonchev–Trinajstić information content (AvgIpc) is 3.58. The molecule has 0 radical (unpaired) electrons. The molecule has 2 aromatic carbocycles. The van der Waals surface area contributed by atoms with Crippen molar-refractivity contribution in [3.8, 4) is 39.9 Å². The highest BCUT2D eigenvalue weighted by Crippen LogP contribution is 2.33. The summed E-state index contributed by atoms with van der Waals surface area (Å²) in [6.07, 6.45) is 4.25. The summed E-state index contributed by atoms with van der Waals surface area (Å²) in [5.41, 5.74) is 5.11. The van der Waals surface area contributed by atoms with Crippen LogP contribution in [-0.4, -0.2) is 36.7 Å². The third kappa shape index (κ3) is 3.62. The number of rotatable bonds is 4. The summed E-state index contributed by atoms with van der Waals surface area (Å²) in [5, 5.41) is 16.0. The molecule has 0 unspecified atom stereocenters. The van der Waals surface area contributed by atoms with E-state index in [-0.39, 0.29) is 24.0 Å². The fraction of sp³-hybridized carbons (Fsp3) is 0.0870. The van der Waals surface area contributed by atoms with Crippen LogP contribution in [0.4, 0.5) is 10.1 Å². The van der Waals surface area contributed by atoms with E-state index in [2.05, 4.69) is 36.8 Å². The Hall–Kier alpha value is -4.11. The van der Waals surface area contributed by atoms with E-state index in [0.717, 1.165) is 29.8 Å². The van der Waals surface area contributed by atoms with Crippen molar-refractivity contribution in [2.75, 3.05) is 11.9 Å². The molecule has 0 saturated carbocycles. The summed E-state index contributed by atoms with van der Waals surface area (Å²) in [5.74, 6) is 0.237. The first-order valence-electron chi connectivity index (χ1n) is 10.1. The van der Waals surface area contributed by atoms with Gasteiger partial charge in [0.15, 0.2) is 5.69 Å². The van der Waals surface area contributed by atoms with Crippen molar-refractivity contribution in [3.63, 3.8) is 0 Å². The molecule has 8 nitrogen and oxygen atoms in total. The van der Waals surface area contributed by atoms with Crippen LogP contribution >= 0.6 is 12.4 Å². The molecular formula is C23H17ClFN7O. The van der Waals surface area contributed by atoms with E-state index < -0.39 is 5.82 Å². The van der Waals surface area contributed by atoms with Crippen LogP contribution in [0.15, 0.2) is 71.5 Å². The zero-order chi connectivity index (χ0) is 21.5. The van der Waals surface area contributed by atoms with Crippen LogP contribution in [0, 0.1) is 5.82 Å². The van der Waals surface area contributed by atoms with Crippen molar-refractivity contribution in [3.05, 3.63) is 78.4 Å². The normalized spacial score (nSPS) is 12.2. The van der Waals surface area contributed by atoms with E-state index in [1.165, 1.54) is 16.3 Å². The Labute approximate surface area is 193 Å². The Bertz CT molecular complexity index is 1430. The van der Waals surface area contributed by atoms with Crippen LogP contribution < -0.4 is 5.32 Å². The number of nitrogens with one attached hydrogen (secondary N) is 1. The molecule has 33 heavy (non-hydrogen) atoms. The van der Waals surface area contributed by atoms with E-state index in [1.807, 2.05) is 12.1 Å². The summed E-state index contributed by atoms with van der Waals surface area (Å²) in [7, 11) is 0. The minimum atomic E-state index is -0.419. The third-order valence-electron chi connectivity index (χ3n) is 5.41. The lowest BCUT2D eigenvalue weighted by molar-refractivity contribution is 0.431. The fourth-order valence-corrected chi connectivity index (χ4v) is 3.87. The third-order valence-corrected chi connectivity index (χ3v) is 5.41. The molecule has 1 N–H and O–H groups in total. The maximum Gasteiger partial charge on any atom is 0.281 e. The highest BCUT2D eigenvalue weighted by molar-refractivity contribution is 5.85. The number of halogens is 2. The van der Waals surface area contributed by atoms with Crippen LogP contribution in [0.25, 0.3) is 39.9 Å². The Morgan fingerprint density at radius 1 is 1.00 bits per heavy atom. The second-order valence-electron chi connectivity index (χ2n) is 7.36. The van der Waals surface area contributed by atoms with Crippen LogP contribution in [-0.2, 0) is 6.42 Å². The first-order valence-corrected chi connectivity index (χ1v) is 10.1. The van der Waals surface area contributed by atoms with Crippen molar-refractivity contribution < 1.29 is 8.91 Å². The lowest BCUT2D eigenvalue weighted by atomic mass is 10.1. The smallest absolute Gasteiger partial charge is 0.281 e. The van der Waals surface area contributed by atoms with Crippen LogP contribution in [0.1, 0.15) is 5.56 Å². The molecule has 0 aliphatic carbocycles. The zero-order valence-electron chi connectivity index (χ0n) is 17.1. The van der Waals surface area contributed by atoms with Gasteiger partial charge < -0.3 is 9.84 Å². The molecular weight excluding hydrogens is 445 g/mol. The van der Waals surface area contributed by atoms with Gasteiger partial charge in [-0.15, -0.1) is 17.5 Å². The van der Waals surface area contributed by atoms with Gasteiger partial charge >= 0.3 is 0 Å². The van der Waals surface area contributed by atoms with Gasteiger partial charge in [0.25, 0.3) is 5.89 Å². The van der Waals surface area contributed by atoms with E-state index in [1.54, 1.807) is 42.7 Å². The molecule has 5 aromatic rings. The molecule has 3 aromatic heterocycles. The predicted molar refractivity (Wildman–Crippen MR) is 123 cm³/mol. The van der Waals surface area contributed by atoms with Gasteiger partial charge in [0.2, 0.25) is 5.82 Å². The number of fused-ring (bicyclic) bond motifs is 1. The molecule has 0 amide bonds. The zero-order valence-corrected chi connectivity index (χ0v) is 18.0. The van der Waals surface area contributed by atoms with Gasteiger partial charge in [-0.05, 0) is 54.4 Å². The molecule has 0 saturated heterocycles. The highest BCUT2D eigenvalue weighted by atomic mass is 35.5. The van der Waals surface area contributed by atoms with E-state index in [9.17, 15) is 4.39 Å². The lowest BCUT2D eigenvalue weighted by Gasteiger charge is -2.08.